The van der Waals surface area contributed by atoms with Crippen LogP contribution in [0.4, 0.5) is 5.69 Å². The standard InChI is InChI=1S/C16H18BrNO3/c1-19-13-5-7-16(21-3)14(9-13)18-10-11-8-12(17)4-6-15(11)20-2/h4-9,18H,10H2,1-3H3. The number of ether oxygens (including phenoxy) is 3. The van der Waals surface area contributed by atoms with Crippen LogP contribution in [0.3, 0.4) is 0 Å². The van der Waals surface area contributed by atoms with Gasteiger partial charge in [0.25, 0.3) is 0 Å². The maximum Gasteiger partial charge on any atom is 0.142 e. The molecule has 0 atom stereocenters. The van der Waals surface area contributed by atoms with Gasteiger partial charge in [0.2, 0.25) is 0 Å². The molecule has 2 aromatic rings. The summed E-state index contributed by atoms with van der Waals surface area (Å²) in [6.07, 6.45) is 0. The molecule has 112 valence electrons. The molecule has 0 saturated heterocycles. The van der Waals surface area contributed by atoms with E-state index in [-0.39, 0.29) is 0 Å². The maximum atomic E-state index is 5.37. The summed E-state index contributed by atoms with van der Waals surface area (Å²) >= 11 is 3.47. The van der Waals surface area contributed by atoms with Crippen LogP contribution in [0, 0.1) is 0 Å². The Morgan fingerprint density at radius 2 is 1.62 bits per heavy atom. The Balaban J connectivity index is 2.21. The number of anilines is 1. The van der Waals surface area contributed by atoms with E-state index < -0.39 is 0 Å². The molecular weight excluding hydrogens is 334 g/mol. The van der Waals surface area contributed by atoms with Crippen molar-refractivity contribution in [1.29, 1.82) is 0 Å². The van der Waals surface area contributed by atoms with Crippen LogP contribution in [-0.2, 0) is 6.54 Å². The molecule has 0 unspecified atom stereocenters. The second-order valence-electron chi connectivity index (χ2n) is 4.38. The summed E-state index contributed by atoms with van der Waals surface area (Å²) < 4.78 is 17.0. The predicted molar refractivity (Wildman–Crippen MR) is 87.6 cm³/mol. The molecule has 0 fully saturated rings. The van der Waals surface area contributed by atoms with Gasteiger partial charge in [-0.15, -0.1) is 0 Å². The van der Waals surface area contributed by atoms with Crippen molar-refractivity contribution in [3.63, 3.8) is 0 Å². The first kappa shape index (κ1) is 15.5. The molecule has 0 aliphatic carbocycles. The predicted octanol–water partition coefficient (Wildman–Crippen LogP) is 4.09. The Kier molecular flexibility index (Phi) is 5.33. The Hall–Kier alpha value is -1.88. The first-order valence-corrected chi connectivity index (χ1v) is 7.25. The fraction of sp³-hybridized carbons (Fsp3) is 0.250. The Bertz CT molecular complexity index is 616. The summed E-state index contributed by atoms with van der Waals surface area (Å²) in [5.74, 6) is 2.39. The Morgan fingerprint density at radius 3 is 2.29 bits per heavy atom. The zero-order chi connectivity index (χ0) is 15.2. The van der Waals surface area contributed by atoms with Gasteiger partial charge in [0.05, 0.1) is 27.0 Å². The highest BCUT2D eigenvalue weighted by Gasteiger charge is 2.07. The lowest BCUT2D eigenvalue weighted by Gasteiger charge is -2.14. The van der Waals surface area contributed by atoms with Crippen molar-refractivity contribution in [1.82, 2.24) is 0 Å². The van der Waals surface area contributed by atoms with E-state index in [2.05, 4.69) is 21.2 Å². The number of rotatable bonds is 6. The zero-order valence-electron chi connectivity index (χ0n) is 12.3. The minimum atomic E-state index is 0.617. The first-order valence-electron chi connectivity index (χ1n) is 6.46. The van der Waals surface area contributed by atoms with Gasteiger partial charge in [-0.3, -0.25) is 0 Å². The van der Waals surface area contributed by atoms with Crippen molar-refractivity contribution in [2.24, 2.45) is 0 Å². The van der Waals surface area contributed by atoms with Gasteiger partial charge in [-0.25, -0.2) is 0 Å². The number of benzene rings is 2. The molecule has 0 saturated carbocycles. The molecule has 0 heterocycles. The van der Waals surface area contributed by atoms with Crippen molar-refractivity contribution in [2.45, 2.75) is 6.54 Å². The third kappa shape index (κ3) is 3.82. The van der Waals surface area contributed by atoms with Crippen LogP contribution in [0.5, 0.6) is 17.2 Å². The molecular formula is C16H18BrNO3. The highest BCUT2D eigenvalue weighted by Crippen LogP contribution is 2.30. The van der Waals surface area contributed by atoms with Crippen molar-refractivity contribution in [2.75, 3.05) is 26.6 Å². The topological polar surface area (TPSA) is 39.7 Å². The van der Waals surface area contributed by atoms with E-state index in [0.717, 1.165) is 33.0 Å². The van der Waals surface area contributed by atoms with Gasteiger partial charge in [0.15, 0.2) is 0 Å². The fourth-order valence-electron chi connectivity index (χ4n) is 2.03. The summed E-state index contributed by atoms with van der Waals surface area (Å²) in [6, 6.07) is 11.6. The molecule has 2 aromatic carbocycles. The number of nitrogens with one attached hydrogen (secondary N) is 1. The number of hydrogen-bond donors (Lipinski definition) is 1. The first-order chi connectivity index (χ1) is 10.2. The molecule has 0 bridgehead atoms. The van der Waals surface area contributed by atoms with Crippen LogP contribution < -0.4 is 19.5 Å². The molecule has 0 aliphatic heterocycles. The smallest absolute Gasteiger partial charge is 0.142 e. The molecule has 4 nitrogen and oxygen atoms in total. The molecule has 0 spiro atoms. The van der Waals surface area contributed by atoms with Gasteiger partial charge < -0.3 is 19.5 Å². The fourth-order valence-corrected chi connectivity index (χ4v) is 2.44. The minimum Gasteiger partial charge on any atom is -0.497 e. The SMILES string of the molecule is COc1ccc(OC)c(NCc2cc(Br)ccc2OC)c1. The summed E-state index contributed by atoms with van der Waals surface area (Å²) in [7, 11) is 4.95. The molecule has 2 rings (SSSR count). The zero-order valence-corrected chi connectivity index (χ0v) is 13.9. The Morgan fingerprint density at radius 1 is 0.905 bits per heavy atom. The quantitative estimate of drug-likeness (QED) is 0.850. The van der Waals surface area contributed by atoms with Crippen LogP contribution in [0.25, 0.3) is 0 Å². The van der Waals surface area contributed by atoms with Gasteiger partial charge in [0, 0.05) is 22.6 Å². The molecule has 0 aromatic heterocycles. The third-order valence-corrected chi connectivity index (χ3v) is 3.61. The van der Waals surface area contributed by atoms with Crippen molar-refractivity contribution in [3.05, 3.63) is 46.4 Å². The summed E-state index contributed by atoms with van der Waals surface area (Å²) in [6.45, 7) is 0.617. The van der Waals surface area contributed by atoms with Gasteiger partial charge in [-0.2, -0.15) is 0 Å². The summed E-state index contributed by atoms with van der Waals surface area (Å²) in [5, 5.41) is 3.35. The highest BCUT2D eigenvalue weighted by molar-refractivity contribution is 9.10. The summed E-state index contributed by atoms with van der Waals surface area (Å²) in [5.41, 5.74) is 1.93. The number of methoxy groups -OCH3 is 3. The molecule has 0 aliphatic rings. The second kappa shape index (κ2) is 7.22. The molecule has 0 amide bonds. The van der Waals surface area contributed by atoms with Gasteiger partial charge in [0.1, 0.15) is 17.2 Å². The number of halogens is 1. The number of hydrogen-bond acceptors (Lipinski definition) is 4. The highest BCUT2D eigenvalue weighted by atomic mass is 79.9. The van der Waals surface area contributed by atoms with Crippen molar-refractivity contribution < 1.29 is 14.2 Å². The van der Waals surface area contributed by atoms with Crippen LogP contribution in [0.1, 0.15) is 5.56 Å². The third-order valence-electron chi connectivity index (χ3n) is 3.12. The van der Waals surface area contributed by atoms with E-state index in [0.29, 0.717) is 6.54 Å². The van der Waals surface area contributed by atoms with Crippen molar-refractivity contribution in [3.8, 4) is 17.2 Å². The van der Waals surface area contributed by atoms with E-state index in [1.807, 2.05) is 36.4 Å². The lowest BCUT2D eigenvalue weighted by Crippen LogP contribution is -2.03. The van der Waals surface area contributed by atoms with Gasteiger partial charge >= 0.3 is 0 Å². The molecule has 1 N–H and O–H groups in total. The Labute approximate surface area is 133 Å². The van der Waals surface area contributed by atoms with Gasteiger partial charge in [-0.1, -0.05) is 15.9 Å². The van der Waals surface area contributed by atoms with E-state index in [4.69, 9.17) is 14.2 Å². The molecule has 5 heteroatoms. The molecule has 0 radical (unpaired) electrons. The second-order valence-corrected chi connectivity index (χ2v) is 5.29. The van der Waals surface area contributed by atoms with Crippen LogP contribution in [0.2, 0.25) is 0 Å². The van der Waals surface area contributed by atoms with E-state index in [1.165, 1.54) is 0 Å². The van der Waals surface area contributed by atoms with Gasteiger partial charge in [-0.05, 0) is 30.3 Å². The lowest BCUT2D eigenvalue weighted by molar-refractivity contribution is 0.404. The lowest BCUT2D eigenvalue weighted by atomic mass is 10.2. The monoisotopic (exact) mass is 351 g/mol. The van der Waals surface area contributed by atoms with E-state index >= 15 is 0 Å². The van der Waals surface area contributed by atoms with Crippen molar-refractivity contribution >= 4 is 21.6 Å². The van der Waals surface area contributed by atoms with E-state index in [1.54, 1.807) is 21.3 Å². The van der Waals surface area contributed by atoms with E-state index in [9.17, 15) is 0 Å². The maximum absolute atomic E-state index is 5.37. The minimum absolute atomic E-state index is 0.617. The average Bonchev–Trinajstić information content (AvgIpc) is 2.52. The van der Waals surface area contributed by atoms with Crippen LogP contribution in [0.15, 0.2) is 40.9 Å². The molecule has 21 heavy (non-hydrogen) atoms. The normalized spacial score (nSPS) is 10.1. The average molecular weight is 352 g/mol. The van der Waals surface area contributed by atoms with Crippen LogP contribution in [-0.4, -0.2) is 21.3 Å². The van der Waals surface area contributed by atoms with Crippen LogP contribution >= 0.6 is 15.9 Å². The largest absolute Gasteiger partial charge is 0.497 e. The summed E-state index contributed by atoms with van der Waals surface area (Å²) in [4.78, 5) is 0.